The Kier molecular flexibility index (Phi) is 6.04. The molecule has 0 spiro atoms. The first-order chi connectivity index (χ1) is 14.0. The Balaban J connectivity index is 1.35. The lowest BCUT2D eigenvalue weighted by atomic mass is 9.83. The molecule has 2 aliphatic rings. The Hall–Kier alpha value is -2.15. The molecule has 2 aromatic rings. The van der Waals surface area contributed by atoms with Gasteiger partial charge in [-0.25, -0.2) is 4.39 Å². The maximum absolute atomic E-state index is 13.0. The lowest BCUT2D eigenvalue weighted by molar-refractivity contribution is -0.0646. The van der Waals surface area contributed by atoms with E-state index in [1.807, 2.05) is 12.1 Å². The third kappa shape index (κ3) is 4.39. The maximum Gasteiger partial charge on any atom is 0.161 e. The van der Waals surface area contributed by atoms with E-state index in [1.54, 1.807) is 6.07 Å². The molecule has 6 heteroatoms. The first-order valence-corrected chi connectivity index (χ1v) is 10.4. The summed E-state index contributed by atoms with van der Waals surface area (Å²) in [4.78, 5) is 2.44. The Bertz CT molecular complexity index is 835. The lowest BCUT2D eigenvalue weighted by Crippen LogP contribution is -2.42. The van der Waals surface area contributed by atoms with Crippen LogP contribution in [-0.4, -0.2) is 47.4 Å². The molecule has 1 saturated heterocycles. The molecule has 0 bridgehead atoms. The average molecular weight is 400 g/mol. The number of nitrogens with zero attached hydrogens (tertiary/aromatic N) is 1. The maximum atomic E-state index is 13.0. The minimum absolute atomic E-state index is 0.00278. The number of ether oxygens (including phenoxy) is 1. The van der Waals surface area contributed by atoms with Crippen molar-refractivity contribution in [3.63, 3.8) is 0 Å². The number of piperidine rings is 1. The minimum atomic E-state index is -0.244. The van der Waals surface area contributed by atoms with E-state index in [9.17, 15) is 14.6 Å². The summed E-state index contributed by atoms with van der Waals surface area (Å²) in [6, 6.07) is 10.0. The highest BCUT2D eigenvalue weighted by Gasteiger charge is 2.35. The van der Waals surface area contributed by atoms with Gasteiger partial charge in [-0.05, 0) is 67.6 Å². The number of likely N-dealkylation sites (tertiary alicyclic amines) is 1. The second-order valence-electron chi connectivity index (χ2n) is 8.16. The molecule has 0 radical (unpaired) electrons. The second-order valence-corrected chi connectivity index (χ2v) is 8.16. The van der Waals surface area contributed by atoms with Crippen LogP contribution in [-0.2, 0) is 17.6 Å². The summed E-state index contributed by atoms with van der Waals surface area (Å²) >= 11 is 0. The molecule has 2 aliphatic heterocycles. The molecule has 0 aromatic heterocycles. The zero-order chi connectivity index (χ0) is 20.4. The van der Waals surface area contributed by atoms with Crippen molar-refractivity contribution in [3.8, 4) is 11.5 Å². The van der Waals surface area contributed by atoms with Crippen molar-refractivity contribution in [1.82, 2.24) is 4.90 Å². The van der Waals surface area contributed by atoms with E-state index in [1.165, 1.54) is 18.2 Å². The molecule has 4 N–H and O–H groups in total. The van der Waals surface area contributed by atoms with Crippen molar-refractivity contribution >= 4 is 0 Å². The highest BCUT2D eigenvalue weighted by molar-refractivity contribution is 5.51. The van der Waals surface area contributed by atoms with Crippen LogP contribution >= 0.6 is 0 Å². The number of hydrogen-bond donors (Lipinski definition) is 3. The van der Waals surface area contributed by atoms with Crippen LogP contribution in [0.2, 0.25) is 0 Å². The predicted octanol–water partition coefficient (Wildman–Crippen LogP) is 3.13. The normalized spacial score (nSPS) is 23.1. The fourth-order valence-electron chi connectivity index (χ4n) is 4.64. The summed E-state index contributed by atoms with van der Waals surface area (Å²) < 4.78 is 19.3. The monoisotopic (exact) mass is 400 g/mol. The van der Waals surface area contributed by atoms with E-state index in [0.29, 0.717) is 18.9 Å². The number of hydrogen-bond acceptors (Lipinski definition) is 5. The van der Waals surface area contributed by atoms with Crippen LogP contribution in [0.4, 0.5) is 4.39 Å². The zero-order valence-electron chi connectivity index (χ0n) is 16.6. The largest absolute Gasteiger partial charge is 0.504 e. The van der Waals surface area contributed by atoms with Crippen LogP contribution in [0.5, 0.6) is 11.5 Å². The molecule has 2 atom stereocenters. The van der Waals surface area contributed by atoms with Gasteiger partial charge in [0.2, 0.25) is 0 Å². The van der Waals surface area contributed by atoms with Gasteiger partial charge in [0.25, 0.3) is 0 Å². The van der Waals surface area contributed by atoms with Gasteiger partial charge in [-0.2, -0.15) is 0 Å². The van der Waals surface area contributed by atoms with Crippen LogP contribution < -0.4 is 5.73 Å². The lowest BCUT2D eigenvalue weighted by Gasteiger charge is -2.40. The molecule has 2 aromatic carbocycles. The van der Waals surface area contributed by atoms with Crippen LogP contribution in [0.25, 0.3) is 0 Å². The van der Waals surface area contributed by atoms with E-state index in [4.69, 9.17) is 10.5 Å². The van der Waals surface area contributed by atoms with Gasteiger partial charge >= 0.3 is 0 Å². The molecular formula is C23H29FN2O3. The Labute approximate surface area is 170 Å². The SMILES string of the molecule is NCC1OC(C2CCN(CCc3ccc(F)cc3)CC2)Cc2c1ccc(O)c2O. The summed E-state index contributed by atoms with van der Waals surface area (Å²) in [6.45, 7) is 3.31. The number of phenolic OH excluding ortho intramolecular Hbond substituents is 2. The van der Waals surface area contributed by atoms with Crippen LogP contribution in [0.1, 0.15) is 35.6 Å². The molecule has 29 heavy (non-hydrogen) atoms. The van der Waals surface area contributed by atoms with Crippen molar-refractivity contribution in [2.75, 3.05) is 26.2 Å². The molecule has 5 nitrogen and oxygen atoms in total. The molecule has 2 heterocycles. The summed E-state index contributed by atoms with van der Waals surface area (Å²) in [5.41, 5.74) is 8.74. The Morgan fingerprint density at radius 1 is 1.07 bits per heavy atom. The van der Waals surface area contributed by atoms with Gasteiger partial charge in [-0.3, -0.25) is 0 Å². The van der Waals surface area contributed by atoms with Crippen LogP contribution in [0.3, 0.4) is 0 Å². The summed E-state index contributed by atoms with van der Waals surface area (Å²) in [5.74, 6) is 0.0848. The number of phenols is 2. The smallest absolute Gasteiger partial charge is 0.161 e. The van der Waals surface area contributed by atoms with E-state index in [-0.39, 0.29) is 29.5 Å². The van der Waals surface area contributed by atoms with E-state index in [0.717, 1.165) is 55.6 Å². The third-order valence-electron chi connectivity index (χ3n) is 6.39. The second kappa shape index (κ2) is 8.69. The van der Waals surface area contributed by atoms with Gasteiger partial charge < -0.3 is 25.6 Å². The molecule has 1 fully saturated rings. The summed E-state index contributed by atoms with van der Waals surface area (Å²) in [5, 5.41) is 20.2. The minimum Gasteiger partial charge on any atom is -0.504 e. The first kappa shape index (κ1) is 20.1. The molecule has 0 aliphatic carbocycles. The first-order valence-electron chi connectivity index (χ1n) is 10.4. The highest BCUT2D eigenvalue weighted by atomic mass is 19.1. The van der Waals surface area contributed by atoms with Crippen LogP contribution in [0, 0.1) is 11.7 Å². The van der Waals surface area contributed by atoms with Gasteiger partial charge in [-0.1, -0.05) is 18.2 Å². The van der Waals surface area contributed by atoms with Crippen molar-refractivity contribution in [1.29, 1.82) is 0 Å². The number of rotatable bonds is 5. The van der Waals surface area contributed by atoms with Gasteiger partial charge in [0.05, 0.1) is 12.2 Å². The number of nitrogens with two attached hydrogens (primary N) is 1. The van der Waals surface area contributed by atoms with Crippen molar-refractivity contribution < 1.29 is 19.3 Å². The highest BCUT2D eigenvalue weighted by Crippen LogP contribution is 2.42. The quantitative estimate of drug-likeness (QED) is 0.672. The molecule has 0 saturated carbocycles. The van der Waals surface area contributed by atoms with Gasteiger partial charge in [0, 0.05) is 25.1 Å². The molecular weight excluding hydrogens is 371 g/mol. The fourth-order valence-corrected chi connectivity index (χ4v) is 4.64. The number of fused-ring (bicyclic) bond motifs is 1. The van der Waals surface area contributed by atoms with Crippen LogP contribution in [0.15, 0.2) is 36.4 Å². The average Bonchev–Trinajstić information content (AvgIpc) is 2.75. The van der Waals surface area contributed by atoms with Crippen molar-refractivity contribution in [3.05, 3.63) is 58.9 Å². The summed E-state index contributed by atoms with van der Waals surface area (Å²) in [6.07, 6.45) is 3.34. The van der Waals surface area contributed by atoms with Gasteiger partial charge in [-0.15, -0.1) is 0 Å². The predicted molar refractivity (Wildman–Crippen MR) is 109 cm³/mol. The van der Waals surface area contributed by atoms with Gasteiger partial charge in [0.1, 0.15) is 5.82 Å². The Morgan fingerprint density at radius 3 is 2.48 bits per heavy atom. The molecule has 156 valence electrons. The van der Waals surface area contributed by atoms with Crippen molar-refractivity contribution in [2.24, 2.45) is 11.7 Å². The number of halogens is 1. The van der Waals surface area contributed by atoms with E-state index in [2.05, 4.69) is 4.90 Å². The number of aromatic hydroxyl groups is 2. The van der Waals surface area contributed by atoms with Gasteiger partial charge in [0.15, 0.2) is 11.5 Å². The van der Waals surface area contributed by atoms with Crippen molar-refractivity contribution in [2.45, 2.75) is 37.9 Å². The standard InChI is InChI=1S/C23H29FN2O3/c24-17-3-1-15(2-4-17)7-10-26-11-8-16(9-12-26)21-13-19-18(22(14-25)29-21)5-6-20(27)23(19)28/h1-6,16,21-22,27-28H,7-14,25H2. The third-order valence-corrected chi connectivity index (χ3v) is 6.39. The Morgan fingerprint density at radius 2 is 1.79 bits per heavy atom. The van der Waals surface area contributed by atoms with E-state index >= 15 is 0 Å². The molecule has 4 rings (SSSR count). The summed E-state index contributed by atoms with van der Waals surface area (Å²) in [7, 11) is 0. The zero-order valence-corrected chi connectivity index (χ0v) is 16.6. The molecule has 2 unspecified atom stereocenters. The fraction of sp³-hybridized carbons (Fsp3) is 0.478. The molecule has 0 amide bonds. The van der Waals surface area contributed by atoms with E-state index < -0.39 is 0 Å². The number of benzene rings is 2. The topological polar surface area (TPSA) is 79.0 Å².